The minimum absolute atomic E-state index is 0.0590. The molecule has 7 nitrogen and oxygen atoms in total. The first-order chi connectivity index (χ1) is 14.4. The number of hydrogen-bond donors (Lipinski definition) is 1. The molecule has 0 aliphatic rings. The first kappa shape index (κ1) is 23.2. The fraction of sp³-hybridized carbons (Fsp3) is 0.227. The van der Waals surface area contributed by atoms with Crippen LogP contribution < -0.4 is 14.8 Å². The molecular formula is C22H21IN2O5. The summed E-state index contributed by atoms with van der Waals surface area (Å²) in [6.45, 7) is 3.60. The van der Waals surface area contributed by atoms with Crippen molar-refractivity contribution in [3.05, 3.63) is 56.7 Å². The fourth-order valence-electron chi connectivity index (χ4n) is 2.51. The lowest BCUT2D eigenvalue weighted by Crippen LogP contribution is -2.15. The molecule has 0 bridgehead atoms. The third-order valence-electron chi connectivity index (χ3n) is 3.96. The van der Waals surface area contributed by atoms with E-state index in [9.17, 15) is 14.9 Å². The van der Waals surface area contributed by atoms with Crippen LogP contribution in [0.15, 0.2) is 42.0 Å². The second-order valence-corrected chi connectivity index (χ2v) is 7.23. The van der Waals surface area contributed by atoms with Gasteiger partial charge in [-0.05, 0) is 71.8 Å². The van der Waals surface area contributed by atoms with E-state index < -0.39 is 11.9 Å². The zero-order valence-corrected chi connectivity index (χ0v) is 19.0. The average molecular weight is 520 g/mol. The Bertz CT molecular complexity index is 1010. The molecule has 2 rings (SSSR count). The van der Waals surface area contributed by atoms with Gasteiger partial charge in [-0.25, -0.2) is 4.79 Å². The number of nitriles is 1. The van der Waals surface area contributed by atoms with Crippen LogP contribution in [0.5, 0.6) is 11.5 Å². The van der Waals surface area contributed by atoms with Crippen molar-refractivity contribution in [3.8, 4) is 17.6 Å². The molecule has 0 spiro atoms. The Hall–Kier alpha value is -3.06. The van der Waals surface area contributed by atoms with Gasteiger partial charge in [-0.15, -0.1) is 0 Å². The Labute approximate surface area is 188 Å². The number of aryl methyl sites for hydroxylation is 1. The summed E-state index contributed by atoms with van der Waals surface area (Å²) in [6, 6.07) is 12.6. The monoisotopic (exact) mass is 520 g/mol. The van der Waals surface area contributed by atoms with Crippen LogP contribution >= 0.6 is 22.6 Å². The fourth-order valence-corrected chi connectivity index (χ4v) is 3.30. The number of methoxy groups -OCH3 is 1. The van der Waals surface area contributed by atoms with Gasteiger partial charge in [0.25, 0.3) is 5.91 Å². The van der Waals surface area contributed by atoms with Gasteiger partial charge in [0.1, 0.15) is 11.6 Å². The number of ether oxygens (including phenoxy) is 3. The number of rotatable bonds is 8. The van der Waals surface area contributed by atoms with Gasteiger partial charge >= 0.3 is 5.97 Å². The van der Waals surface area contributed by atoms with E-state index in [4.69, 9.17) is 14.2 Å². The Morgan fingerprint density at radius 3 is 2.63 bits per heavy atom. The average Bonchev–Trinajstić information content (AvgIpc) is 2.72. The molecule has 30 heavy (non-hydrogen) atoms. The summed E-state index contributed by atoms with van der Waals surface area (Å²) in [7, 11) is 1.46. The molecule has 2 aromatic carbocycles. The summed E-state index contributed by atoms with van der Waals surface area (Å²) in [4.78, 5) is 24.1. The maximum absolute atomic E-state index is 12.5. The molecule has 0 aliphatic heterocycles. The molecule has 1 amide bonds. The van der Waals surface area contributed by atoms with Crippen molar-refractivity contribution in [2.24, 2.45) is 0 Å². The van der Waals surface area contributed by atoms with Gasteiger partial charge in [0.15, 0.2) is 18.1 Å². The molecule has 0 unspecified atom stereocenters. The smallest absolute Gasteiger partial charge is 0.344 e. The third kappa shape index (κ3) is 6.22. The van der Waals surface area contributed by atoms with Crippen LogP contribution in [-0.2, 0) is 14.3 Å². The number of anilines is 1. The van der Waals surface area contributed by atoms with E-state index in [0.717, 1.165) is 5.56 Å². The highest BCUT2D eigenvalue weighted by molar-refractivity contribution is 14.1. The van der Waals surface area contributed by atoms with Crippen molar-refractivity contribution in [2.45, 2.75) is 13.8 Å². The Morgan fingerprint density at radius 2 is 2.00 bits per heavy atom. The van der Waals surface area contributed by atoms with Crippen LogP contribution in [0.2, 0.25) is 0 Å². The van der Waals surface area contributed by atoms with Crippen molar-refractivity contribution in [2.75, 3.05) is 25.6 Å². The number of benzene rings is 2. The lowest BCUT2D eigenvalue weighted by molar-refractivity contribution is -0.145. The molecule has 2 aromatic rings. The first-order valence-electron chi connectivity index (χ1n) is 9.04. The number of amides is 1. The summed E-state index contributed by atoms with van der Waals surface area (Å²) in [5.74, 6) is -0.248. The minimum Gasteiger partial charge on any atom is -0.493 e. The lowest BCUT2D eigenvalue weighted by Gasteiger charge is -2.13. The summed E-state index contributed by atoms with van der Waals surface area (Å²) >= 11 is 2.03. The topological polar surface area (TPSA) is 97.7 Å². The van der Waals surface area contributed by atoms with Gasteiger partial charge in [-0.1, -0.05) is 18.2 Å². The van der Waals surface area contributed by atoms with Crippen molar-refractivity contribution in [1.82, 2.24) is 0 Å². The highest BCUT2D eigenvalue weighted by Gasteiger charge is 2.15. The molecule has 0 aromatic heterocycles. The summed E-state index contributed by atoms with van der Waals surface area (Å²) in [5.41, 5.74) is 2.05. The molecule has 0 aliphatic carbocycles. The van der Waals surface area contributed by atoms with Crippen LogP contribution in [-0.4, -0.2) is 32.2 Å². The van der Waals surface area contributed by atoms with Gasteiger partial charge in [-0.2, -0.15) is 5.26 Å². The Morgan fingerprint density at radius 1 is 1.27 bits per heavy atom. The van der Waals surface area contributed by atoms with Crippen LogP contribution in [0.1, 0.15) is 18.1 Å². The quantitative estimate of drug-likeness (QED) is 0.244. The second-order valence-electron chi connectivity index (χ2n) is 6.07. The number of para-hydroxylation sites is 1. The molecule has 0 heterocycles. The summed E-state index contributed by atoms with van der Waals surface area (Å²) < 4.78 is 16.4. The van der Waals surface area contributed by atoms with Crippen LogP contribution in [0.3, 0.4) is 0 Å². The van der Waals surface area contributed by atoms with E-state index in [-0.39, 0.29) is 18.8 Å². The van der Waals surface area contributed by atoms with Crippen LogP contribution in [0, 0.1) is 21.8 Å². The SMILES string of the molecule is CCOC(=O)COc1c(I)cc(/C=C(/C#N)C(=O)Nc2ccccc2C)cc1OC. The first-order valence-corrected chi connectivity index (χ1v) is 10.1. The number of carbonyl (C=O) groups excluding carboxylic acids is 2. The lowest BCUT2D eigenvalue weighted by atomic mass is 10.1. The van der Waals surface area contributed by atoms with E-state index in [1.165, 1.54) is 13.2 Å². The third-order valence-corrected chi connectivity index (χ3v) is 4.76. The molecule has 0 radical (unpaired) electrons. The maximum atomic E-state index is 12.5. The molecule has 1 N–H and O–H groups in total. The van der Waals surface area contributed by atoms with Gasteiger partial charge in [-0.3, -0.25) is 4.79 Å². The Kier molecular flexibility index (Phi) is 8.68. The molecule has 0 saturated heterocycles. The second kappa shape index (κ2) is 11.2. The maximum Gasteiger partial charge on any atom is 0.344 e. The zero-order valence-electron chi connectivity index (χ0n) is 16.8. The predicted molar refractivity (Wildman–Crippen MR) is 121 cm³/mol. The summed E-state index contributed by atoms with van der Waals surface area (Å²) in [5, 5.41) is 12.2. The predicted octanol–water partition coefficient (Wildman–Crippen LogP) is 4.10. The van der Waals surface area contributed by atoms with Crippen LogP contribution in [0.25, 0.3) is 6.08 Å². The highest BCUT2D eigenvalue weighted by atomic mass is 127. The van der Waals surface area contributed by atoms with Gasteiger partial charge in [0.05, 0.1) is 17.3 Å². The standard InChI is InChI=1S/C22H21IN2O5/c1-4-29-20(26)13-30-21-17(23)10-15(11-19(21)28-3)9-16(12-24)22(27)25-18-8-6-5-7-14(18)2/h5-11H,4,13H2,1-3H3,(H,25,27)/b16-9-. The number of halogens is 1. The van der Waals surface area contributed by atoms with E-state index in [2.05, 4.69) is 5.32 Å². The number of hydrogen-bond acceptors (Lipinski definition) is 6. The number of nitrogens with zero attached hydrogens (tertiary/aromatic N) is 1. The van der Waals surface area contributed by atoms with Gasteiger partial charge in [0.2, 0.25) is 0 Å². The molecular weight excluding hydrogens is 499 g/mol. The van der Waals surface area contributed by atoms with Crippen molar-refractivity contribution in [3.63, 3.8) is 0 Å². The summed E-state index contributed by atoms with van der Waals surface area (Å²) in [6.07, 6.45) is 1.47. The zero-order chi connectivity index (χ0) is 22.1. The molecule has 156 valence electrons. The number of carbonyl (C=O) groups is 2. The molecule has 8 heteroatoms. The Balaban J connectivity index is 2.26. The molecule has 0 saturated carbocycles. The minimum atomic E-state index is -0.511. The normalized spacial score (nSPS) is 10.7. The van der Waals surface area contributed by atoms with Gasteiger partial charge < -0.3 is 19.5 Å². The van der Waals surface area contributed by atoms with Crippen molar-refractivity contribution >= 4 is 46.2 Å². The highest BCUT2D eigenvalue weighted by Crippen LogP contribution is 2.34. The van der Waals surface area contributed by atoms with E-state index in [1.807, 2.05) is 47.7 Å². The number of esters is 1. The van der Waals surface area contributed by atoms with E-state index in [0.29, 0.717) is 26.3 Å². The van der Waals surface area contributed by atoms with E-state index >= 15 is 0 Å². The molecule has 0 atom stereocenters. The van der Waals surface area contributed by atoms with E-state index in [1.54, 1.807) is 31.2 Å². The van der Waals surface area contributed by atoms with Crippen molar-refractivity contribution < 1.29 is 23.8 Å². The number of nitrogens with one attached hydrogen (secondary N) is 1. The van der Waals surface area contributed by atoms with Crippen molar-refractivity contribution in [1.29, 1.82) is 5.26 Å². The van der Waals surface area contributed by atoms with Crippen LogP contribution in [0.4, 0.5) is 5.69 Å². The molecule has 0 fully saturated rings. The van der Waals surface area contributed by atoms with Gasteiger partial charge in [0, 0.05) is 5.69 Å². The largest absolute Gasteiger partial charge is 0.493 e.